The first kappa shape index (κ1) is 11.7. The number of carbonyl (C=O) groups excluding carboxylic acids is 1. The van der Waals surface area contributed by atoms with E-state index in [2.05, 4.69) is 10.5 Å². The number of benzene rings is 1. The van der Waals surface area contributed by atoms with Crippen molar-refractivity contribution >= 4 is 29.0 Å². The molecule has 1 unspecified atom stereocenters. The van der Waals surface area contributed by atoms with Gasteiger partial charge in [-0.2, -0.15) is 5.10 Å². The molecule has 17 heavy (non-hydrogen) atoms. The van der Waals surface area contributed by atoms with Gasteiger partial charge in [-0.15, -0.1) is 0 Å². The predicted octanol–water partition coefficient (Wildman–Crippen LogP) is 2.34. The molecule has 2 N–H and O–H groups in total. The number of urea groups is 1. The Balaban J connectivity index is 2.48. The van der Waals surface area contributed by atoms with Crippen molar-refractivity contribution in [2.45, 2.75) is 19.9 Å². The number of anilines is 1. The summed E-state index contributed by atoms with van der Waals surface area (Å²) in [5.41, 5.74) is 3.50. The molecule has 1 aliphatic heterocycles. The molecule has 0 aliphatic carbocycles. The Kier molecular flexibility index (Phi) is 2.93. The van der Waals surface area contributed by atoms with E-state index >= 15 is 0 Å². The van der Waals surface area contributed by atoms with Crippen LogP contribution in [0.25, 0.3) is 0 Å². The van der Waals surface area contributed by atoms with Gasteiger partial charge in [0.15, 0.2) is 0 Å². The van der Waals surface area contributed by atoms with Gasteiger partial charge in [0.25, 0.3) is 0 Å². The van der Waals surface area contributed by atoms with Gasteiger partial charge in [-0.1, -0.05) is 11.6 Å². The lowest BCUT2D eigenvalue weighted by atomic mass is 10.1. The average Bonchev–Trinajstić information content (AvgIpc) is 2.29. The molecule has 0 fully saturated rings. The molecule has 1 atom stereocenters. The Morgan fingerprint density at radius 2 is 2.24 bits per heavy atom. The van der Waals surface area contributed by atoms with Crippen LogP contribution in [-0.4, -0.2) is 22.9 Å². The van der Waals surface area contributed by atoms with Crippen LogP contribution in [0.3, 0.4) is 0 Å². The van der Waals surface area contributed by atoms with Gasteiger partial charge < -0.3 is 5.11 Å². The van der Waals surface area contributed by atoms with Crippen LogP contribution in [0.4, 0.5) is 10.5 Å². The van der Waals surface area contributed by atoms with Gasteiger partial charge in [-0.3, -0.25) is 4.90 Å². The highest BCUT2D eigenvalue weighted by Crippen LogP contribution is 2.32. The Labute approximate surface area is 104 Å². The predicted molar refractivity (Wildman–Crippen MR) is 66.7 cm³/mol. The van der Waals surface area contributed by atoms with Gasteiger partial charge in [-0.25, -0.2) is 10.2 Å². The Morgan fingerprint density at radius 3 is 2.94 bits per heavy atom. The molecule has 1 aliphatic rings. The number of hydrogen-bond acceptors (Lipinski definition) is 3. The molecule has 1 aromatic carbocycles. The summed E-state index contributed by atoms with van der Waals surface area (Å²) in [5.74, 6) is 0.00565. The van der Waals surface area contributed by atoms with Crippen LogP contribution in [-0.2, 0) is 0 Å². The fourth-order valence-electron chi connectivity index (χ4n) is 1.65. The van der Waals surface area contributed by atoms with Crippen molar-refractivity contribution in [1.82, 2.24) is 5.43 Å². The van der Waals surface area contributed by atoms with Gasteiger partial charge in [-0.05, 0) is 32.0 Å². The van der Waals surface area contributed by atoms with Crippen molar-refractivity contribution < 1.29 is 9.90 Å². The number of aromatic hydroxyl groups is 1. The lowest BCUT2D eigenvalue weighted by molar-refractivity contribution is 0.244. The van der Waals surface area contributed by atoms with E-state index in [1.165, 1.54) is 11.0 Å². The van der Waals surface area contributed by atoms with Crippen LogP contribution < -0.4 is 10.3 Å². The van der Waals surface area contributed by atoms with Crippen molar-refractivity contribution in [2.75, 3.05) is 4.90 Å². The van der Waals surface area contributed by atoms with Crippen LogP contribution in [0.5, 0.6) is 5.75 Å². The molecular weight excluding hydrogens is 242 g/mol. The largest absolute Gasteiger partial charge is 0.506 e. The first-order valence-corrected chi connectivity index (χ1v) is 5.50. The first-order chi connectivity index (χ1) is 8.00. The molecule has 0 spiro atoms. The summed E-state index contributed by atoms with van der Waals surface area (Å²) in [7, 11) is 0. The molecule has 0 aromatic heterocycles. The molecular formula is C11H12ClN3O2. The molecule has 2 rings (SSSR count). The third-order valence-electron chi connectivity index (χ3n) is 2.74. The van der Waals surface area contributed by atoms with E-state index in [1.807, 2.05) is 6.92 Å². The highest BCUT2D eigenvalue weighted by Gasteiger charge is 2.29. The minimum Gasteiger partial charge on any atom is -0.506 e. The third-order valence-corrected chi connectivity index (χ3v) is 2.97. The van der Waals surface area contributed by atoms with E-state index in [0.717, 1.165) is 5.71 Å². The van der Waals surface area contributed by atoms with Crippen LogP contribution >= 0.6 is 11.6 Å². The fraction of sp³-hybridized carbons (Fsp3) is 0.273. The number of hydrazone groups is 1. The molecule has 5 nitrogen and oxygen atoms in total. The third kappa shape index (κ3) is 2.06. The number of hydrogen-bond donors (Lipinski definition) is 2. The minimum absolute atomic E-state index is 0.00565. The zero-order chi connectivity index (χ0) is 12.6. The second kappa shape index (κ2) is 4.25. The zero-order valence-electron chi connectivity index (χ0n) is 9.44. The van der Waals surface area contributed by atoms with Crippen molar-refractivity contribution in [2.24, 2.45) is 5.10 Å². The molecule has 0 radical (unpaired) electrons. The van der Waals surface area contributed by atoms with Crippen molar-refractivity contribution in [3.63, 3.8) is 0 Å². The van der Waals surface area contributed by atoms with Gasteiger partial charge in [0.1, 0.15) is 5.75 Å². The number of amides is 2. The van der Waals surface area contributed by atoms with E-state index in [4.69, 9.17) is 11.6 Å². The smallest absolute Gasteiger partial charge is 0.342 e. The highest BCUT2D eigenvalue weighted by atomic mass is 35.5. The number of phenolic OH excluding ortho intramolecular Hbond substituents is 1. The van der Waals surface area contributed by atoms with E-state index in [0.29, 0.717) is 10.7 Å². The molecule has 0 saturated carbocycles. The molecule has 1 aromatic rings. The van der Waals surface area contributed by atoms with Crippen LogP contribution in [0.1, 0.15) is 13.8 Å². The second-order valence-corrected chi connectivity index (χ2v) is 4.29. The van der Waals surface area contributed by atoms with Gasteiger partial charge in [0.2, 0.25) is 0 Å². The SMILES string of the molecule is CC1=NNC(=O)N(c2cc(Cl)ccc2O)C1C. The van der Waals surface area contributed by atoms with Crippen molar-refractivity contribution in [1.29, 1.82) is 0 Å². The Hall–Kier alpha value is -1.75. The molecule has 6 heteroatoms. The zero-order valence-corrected chi connectivity index (χ0v) is 10.2. The normalized spacial score (nSPS) is 19.9. The standard InChI is InChI=1S/C11H12ClN3O2/c1-6-7(2)15(11(17)14-13-6)9-5-8(12)3-4-10(9)16/h3-5,7,16H,1-2H3,(H,14,17). The molecule has 1 heterocycles. The first-order valence-electron chi connectivity index (χ1n) is 5.12. The Morgan fingerprint density at radius 1 is 1.53 bits per heavy atom. The number of nitrogens with zero attached hydrogens (tertiary/aromatic N) is 2. The van der Waals surface area contributed by atoms with Gasteiger partial charge >= 0.3 is 6.03 Å². The van der Waals surface area contributed by atoms with E-state index < -0.39 is 0 Å². The van der Waals surface area contributed by atoms with E-state index in [-0.39, 0.29) is 17.8 Å². The monoisotopic (exact) mass is 253 g/mol. The summed E-state index contributed by atoms with van der Waals surface area (Å²) >= 11 is 5.87. The van der Waals surface area contributed by atoms with Crippen LogP contribution in [0, 0.1) is 0 Å². The number of halogens is 1. The van der Waals surface area contributed by atoms with Crippen molar-refractivity contribution in [3.8, 4) is 5.75 Å². The summed E-state index contributed by atoms with van der Waals surface area (Å²) in [5, 5.41) is 14.1. The van der Waals surface area contributed by atoms with Crippen LogP contribution in [0.2, 0.25) is 5.02 Å². The number of carbonyl (C=O) groups is 1. The number of rotatable bonds is 1. The minimum atomic E-state index is -0.388. The summed E-state index contributed by atoms with van der Waals surface area (Å²) in [4.78, 5) is 13.2. The molecule has 0 bridgehead atoms. The Bertz CT molecular complexity index is 501. The topological polar surface area (TPSA) is 64.9 Å². The summed E-state index contributed by atoms with van der Waals surface area (Å²) in [6.07, 6.45) is 0. The quantitative estimate of drug-likeness (QED) is 0.807. The maximum atomic E-state index is 11.8. The number of phenols is 1. The van der Waals surface area contributed by atoms with E-state index in [1.54, 1.807) is 19.1 Å². The molecule has 90 valence electrons. The van der Waals surface area contributed by atoms with E-state index in [9.17, 15) is 9.90 Å². The number of nitrogens with one attached hydrogen (secondary N) is 1. The summed E-state index contributed by atoms with van der Waals surface area (Å²) < 4.78 is 0. The lowest BCUT2D eigenvalue weighted by Gasteiger charge is -2.32. The van der Waals surface area contributed by atoms with Crippen LogP contribution in [0.15, 0.2) is 23.3 Å². The summed E-state index contributed by atoms with van der Waals surface area (Å²) in [6, 6.07) is 3.95. The second-order valence-electron chi connectivity index (χ2n) is 3.85. The molecule has 0 saturated heterocycles. The summed E-state index contributed by atoms with van der Waals surface area (Å²) in [6.45, 7) is 3.64. The van der Waals surface area contributed by atoms with Crippen molar-refractivity contribution in [3.05, 3.63) is 23.2 Å². The maximum Gasteiger partial charge on any atom is 0.342 e. The highest BCUT2D eigenvalue weighted by molar-refractivity contribution is 6.31. The average molecular weight is 254 g/mol. The van der Waals surface area contributed by atoms with Gasteiger partial charge in [0, 0.05) is 5.02 Å². The van der Waals surface area contributed by atoms with Gasteiger partial charge in [0.05, 0.1) is 17.4 Å². The molecule has 2 amide bonds. The lowest BCUT2D eigenvalue weighted by Crippen LogP contribution is -2.51. The fourth-order valence-corrected chi connectivity index (χ4v) is 1.82. The maximum absolute atomic E-state index is 11.8.